The zero-order valence-corrected chi connectivity index (χ0v) is 12.1. The molecule has 10 heteroatoms. The van der Waals surface area contributed by atoms with E-state index in [1.807, 2.05) is 0 Å². The molecule has 2 N–H and O–H groups in total. The van der Waals surface area contributed by atoms with E-state index < -0.39 is 12.2 Å². The molecule has 0 amide bonds. The van der Waals surface area contributed by atoms with Gasteiger partial charge in [0.1, 0.15) is 5.82 Å². The minimum atomic E-state index is -4.34. The van der Waals surface area contributed by atoms with Gasteiger partial charge in [-0.3, -0.25) is 5.10 Å². The maximum atomic E-state index is 13.2. The number of nitrogens with one attached hydrogen (secondary N) is 2. The Kier molecular flexibility index (Phi) is 3.08. The number of alkyl halides is 3. The van der Waals surface area contributed by atoms with E-state index in [4.69, 9.17) is 12.2 Å². The van der Waals surface area contributed by atoms with Gasteiger partial charge < -0.3 is 9.88 Å². The molecule has 1 aliphatic rings. The third kappa shape index (κ3) is 2.23. The summed E-state index contributed by atoms with van der Waals surface area (Å²) in [6, 6.07) is -1.95. The largest absolute Gasteiger partial charge is 0.410 e. The first-order valence-corrected chi connectivity index (χ1v) is 6.72. The first-order chi connectivity index (χ1) is 9.79. The lowest BCUT2D eigenvalue weighted by atomic mass is 10.1. The minimum Gasteiger partial charge on any atom is -0.367 e. The van der Waals surface area contributed by atoms with Crippen molar-refractivity contribution in [1.29, 1.82) is 0 Å². The van der Waals surface area contributed by atoms with Crippen molar-refractivity contribution in [2.24, 2.45) is 7.05 Å². The van der Waals surface area contributed by atoms with E-state index in [0.29, 0.717) is 22.0 Å². The van der Waals surface area contributed by atoms with E-state index >= 15 is 0 Å². The van der Waals surface area contributed by atoms with Gasteiger partial charge in [0.25, 0.3) is 0 Å². The van der Waals surface area contributed by atoms with Gasteiger partial charge >= 0.3 is 6.18 Å². The lowest BCUT2D eigenvalue weighted by Gasteiger charge is -2.32. The number of anilines is 1. The zero-order valence-electron chi connectivity index (χ0n) is 11.3. The molecule has 21 heavy (non-hydrogen) atoms. The molecule has 0 fully saturated rings. The summed E-state index contributed by atoms with van der Waals surface area (Å²) in [6.45, 7) is 1.71. The molecule has 0 aliphatic carbocycles. The van der Waals surface area contributed by atoms with Gasteiger partial charge in [-0.25, -0.2) is 4.68 Å². The van der Waals surface area contributed by atoms with Crippen LogP contribution in [0.4, 0.5) is 19.0 Å². The highest BCUT2D eigenvalue weighted by atomic mass is 32.1. The lowest BCUT2D eigenvalue weighted by Crippen LogP contribution is -2.38. The fourth-order valence-corrected chi connectivity index (χ4v) is 2.63. The minimum absolute atomic E-state index is 0.0589. The van der Waals surface area contributed by atoms with E-state index in [1.165, 1.54) is 6.20 Å². The SMILES string of the molecule is CC1CC(C(F)(F)F)n2ncc(-c3n[nH]c(=S)n3C)c2N1. The molecule has 0 aromatic carbocycles. The van der Waals surface area contributed by atoms with Crippen LogP contribution in [0.1, 0.15) is 19.4 Å². The van der Waals surface area contributed by atoms with Crippen LogP contribution in [-0.2, 0) is 7.05 Å². The Labute approximate surface area is 123 Å². The number of nitrogens with zero attached hydrogens (tertiary/aromatic N) is 4. The second-order valence-corrected chi connectivity index (χ2v) is 5.49. The smallest absolute Gasteiger partial charge is 0.367 e. The van der Waals surface area contributed by atoms with E-state index in [1.54, 1.807) is 18.5 Å². The number of halogens is 3. The summed E-state index contributed by atoms with van der Waals surface area (Å²) < 4.78 is 42.4. The predicted octanol–water partition coefficient (Wildman–Crippen LogP) is 2.65. The highest BCUT2D eigenvalue weighted by Gasteiger charge is 2.46. The topological polar surface area (TPSA) is 63.5 Å². The lowest BCUT2D eigenvalue weighted by molar-refractivity contribution is -0.173. The molecule has 2 aromatic rings. The Morgan fingerprint density at radius 3 is 2.71 bits per heavy atom. The third-order valence-corrected chi connectivity index (χ3v) is 3.91. The van der Waals surface area contributed by atoms with Gasteiger partial charge in [0, 0.05) is 13.1 Å². The van der Waals surface area contributed by atoms with Crippen LogP contribution in [0.2, 0.25) is 0 Å². The summed E-state index contributed by atoms with van der Waals surface area (Å²) >= 11 is 5.03. The highest BCUT2D eigenvalue weighted by Crippen LogP contribution is 2.41. The first-order valence-electron chi connectivity index (χ1n) is 6.31. The van der Waals surface area contributed by atoms with Gasteiger partial charge in [0.05, 0.1) is 11.8 Å². The van der Waals surface area contributed by atoms with Gasteiger partial charge in [-0.15, -0.1) is 0 Å². The van der Waals surface area contributed by atoms with Crippen LogP contribution in [-0.4, -0.2) is 36.8 Å². The molecule has 1 aliphatic heterocycles. The molecule has 3 heterocycles. The molecule has 3 rings (SSSR count). The van der Waals surface area contributed by atoms with Crippen molar-refractivity contribution in [1.82, 2.24) is 24.5 Å². The van der Waals surface area contributed by atoms with Gasteiger partial charge in [0.15, 0.2) is 16.6 Å². The molecule has 0 bridgehead atoms. The van der Waals surface area contributed by atoms with Crippen LogP contribution < -0.4 is 5.32 Å². The molecular formula is C11H13F3N6S. The van der Waals surface area contributed by atoms with Gasteiger partial charge in [-0.1, -0.05) is 0 Å². The average molecular weight is 318 g/mol. The number of aromatic amines is 1. The first kappa shape index (κ1) is 14.1. The Hall–Kier alpha value is -1.84. The molecule has 2 unspecified atom stereocenters. The van der Waals surface area contributed by atoms with Gasteiger partial charge in [-0.2, -0.15) is 23.4 Å². The van der Waals surface area contributed by atoms with Crippen LogP contribution in [0.5, 0.6) is 0 Å². The molecule has 2 atom stereocenters. The summed E-state index contributed by atoms with van der Waals surface area (Å²) in [6.07, 6.45) is -3.02. The maximum Gasteiger partial charge on any atom is 0.410 e. The van der Waals surface area contributed by atoms with Crippen molar-refractivity contribution in [3.05, 3.63) is 11.0 Å². The summed E-state index contributed by atoms with van der Waals surface area (Å²) in [5, 5.41) is 13.6. The summed E-state index contributed by atoms with van der Waals surface area (Å²) in [5.41, 5.74) is 0.491. The Bertz CT molecular complexity index is 727. The van der Waals surface area contributed by atoms with Crippen LogP contribution >= 0.6 is 12.2 Å². The highest BCUT2D eigenvalue weighted by molar-refractivity contribution is 7.71. The van der Waals surface area contributed by atoms with Crippen LogP contribution in [0.15, 0.2) is 6.20 Å². The van der Waals surface area contributed by atoms with Crippen molar-refractivity contribution in [3.63, 3.8) is 0 Å². The molecule has 0 saturated heterocycles. The molecule has 0 spiro atoms. The van der Waals surface area contributed by atoms with Crippen LogP contribution in [0.25, 0.3) is 11.4 Å². The molecular weight excluding hydrogens is 305 g/mol. The summed E-state index contributed by atoms with van der Waals surface area (Å²) in [7, 11) is 1.69. The third-order valence-electron chi connectivity index (χ3n) is 3.55. The van der Waals surface area contributed by atoms with E-state index in [9.17, 15) is 13.2 Å². The molecule has 6 nitrogen and oxygen atoms in total. The second-order valence-electron chi connectivity index (χ2n) is 5.10. The zero-order chi connectivity index (χ0) is 15.4. The Morgan fingerprint density at radius 2 is 2.14 bits per heavy atom. The van der Waals surface area contributed by atoms with Gasteiger partial charge in [-0.05, 0) is 25.6 Å². The normalized spacial score (nSPS) is 22.0. The maximum absolute atomic E-state index is 13.2. The fraction of sp³-hybridized carbons (Fsp3) is 0.545. The van der Waals surface area contributed by atoms with Crippen molar-refractivity contribution >= 4 is 18.0 Å². The van der Waals surface area contributed by atoms with Crippen molar-refractivity contribution in [2.75, 3.05) is 5.32 Å². The van der Waals surface area contributed by atoms with Crippen LogP contribution in [0, 0.1) is 4.77 Å². The molecule has 2 aromatic heterocycles. The van der Waals surface area contributed by atoms with Crippen molar-refractivity contribution in [3.8, 4) is 11.4 Å². The number of fused-ring (bicyclic) bond motifs is 1. The van der Waals surface area contributed by atoms with E-state index in [2.05, 4.69) is 20.6 Å². The monoisotopic (exact) mass is 318 g/mol. The average Bonchev–Trinajstić information content (AvgIpc) is 2.93. The van der Waals surface area contributed by atoms with Gasteiger partial charge in [0.2, 0.25) is 0 Å². The summed E-state index contributed by atoms with van der Waals surface area (Å²) in [4.78, 5) is 0. The molecule has 0 saturated carbocycles. The van der Waals surface area contributed by atoms with Crippen LogP contribution in [0.3, 0.4) is 0 Å². The molecule has 0 radical (unpaired) electrons. The van der Waals surface area contributed by atoms with E-state index in [-0.39, 0.29) is 12.5 Å². The van der Waals surface area contributed by atoms with Crippen molar-refractivity contribution in [2.45, 2.75) is 31.6 Å². The Balaban J connectivity index is 2.14. The quantitative estimate of drug-likeness (QED) is 0.794. The summed E-state index contributed by atoms with van der Waals surface area (Å²) in [5.74, 6) is 0.761. The standard InChI is InChI=1S/C11H13F3N6S/c1-5-3-7(11(12,13)14)20-8(16-5)6(4-15-20)9-17-18-10(21)19(9)2/h4-5,7,16H,3H2,1-2H3,(H,18,21). The second kappa shape index (κ2) is 4.58. The van der Waals surface area contributed by atoms with E-state index in [0.717, 1.165) is 4.68 Å². The van der Waals surface area contributed by atoms with Crippen molar-refractivity contribution < 1.29 is 13.2 Å². The number of hydrogen-bond donors (Lipinski definition) is 2. The predicted molar refractivity (Wildman–Crippen MR) is 72.4 cm³/mol. The number of rotatable bonds is 1. The Morgan fingerprint density at radius 1 is 1.43 bits per heavy atom. The molecule has 114 valence electrons. The number of H-pyrrole nitrogens is 1. The number of hydrogen-bond acceptors (Lipinski definition) is 4. The fourth-order valence-electron chi connectivity index (χ4n) is 2.49. The number of aromatic nitrogens is 5.